The number of hydrazine groups is 1. The summed E-state index contributed by atoms with van der Waals surface area (Å²) in [5.74, 6) is 0.751. The zero-order chi connectivity index (χ0) is 23.3. The van der Waals surface area contributed by atoms with Crippen LogP contribution < -0.4 is 21.4 Å². The van der Waals surface area contributed by atoms with Crippen molar-refractivity contribution in [3.05, 3.63) is 54.4 Å². The lowest BCUT2D eigenvalue weighted by atomic mass is 9.96. The van der Waals surface area contributed by atoms with Crippen LogP contribution in [0.4, 0.5) is 29.6 Å². The molecule has 2 aromatic heterocycles. The lowest BCUT2D eigenvalue weighted by Gasteiger charge is -2.36. The third-order valence-corrected chi connectivity index (χ3v) is 5.12. The molecule has 0 bridgehead atoms. The Bertz CT molecular complexity index is 952. The van der Waals surface area contributed by atoms with Gasteiger partial charge in [0.1, 0.15) is 11.6 Å². The predicted octanol–water partition coefficient (Wildman–Crippen LogP) is 3.50. The number of anilines is 2. The fraction of sp³-hybridized carbons (Fsp3) is 0.381. The van der Waals surface area contributed by atoms with E-state index in [2.05, 4.69) is 27.3 Å². The molecule has 0 aliphatic carbocycles. The van der Waals surface area contributed by atoms with E-state index < -0.39 is 12.3 Å². The number of urea groups is 1. The second kappa shape index (κ2) is 9.96. The van der Waals surface area contributed by atoms with Gasteiger partial charge in [-0.05, 0) is 49.6 Å². The Morgan fingerprint density at radius 3 is 2.75 bits per heavy atom. The number of fused-ring (bicyclic) bond motifs is 1. The second-order valence-corrected chi connectivity index (χ2v) is 7.27. The summed E-state index contributed by atoms with van der Waals surface area (Å²) in [4.78, 5) is 23.3. The lowest BCUT2D eigenvalue weighted by molar-refractivity contribution is -0.256. The Morgan fingerprint density at radius 1 is 1.34 bits per heavy atom. The number of aryl methyl sites for hydroxylation is 1. The first-order chi connectivity index (χ1) is 15.2. The highest BCUT2D eigenvalue weighted by Crippen LogP contribution is 2.32. The van der Waals surface area contributed by atoms with Gasteiger partial charge in [-0.1, -0.05) is 25.6 Å². The van der Waals surface area contributed by atoms with Crippen molar-refractivity contribution in [1.82, 2.24) is 20.4 Å². The van der Waals surface area contributed by atoms with E-state index in [4.69, 9.17) is 5.73 Å². The summed E-state index contributed by atoms with van der Waals surface area (Å²) in [7, 11) is 0. The molecule has 0 saturated heterocycles. The summed E-state index contributed by atoms with van der Waals surface area (Å²) >= 11 is 0. The number of hydrogen-bond acceptors (Lipinski definition) is 6. The van der Waals surface area contributed by atoms with Crippen LogP contribution in [0.15, 0.2) is 43.1 Å². The van der Waals surface area contributed by atoms with Crippen molar-refractivity contribution in [3.8, 4) is 0 Å². The molecule has 1 aliphatic heterocycles. The maximum atomic E-state index is 13.2. The van der Waals surface area contributed by atoms with Crippen LogP contribution in [-0.2, 0) is 6.42 Å². The van der Waals surface area contributed by atoms with Gasteiger partial charge in [0.05, 0.1) is 11.4 Å². The van der Waals surface area contributed by atoms with Gasteiger partial charge in [-0.25, -0.2) is 14.8 Å². The summed E-state index contributed by atoms with van der Waals surface area (Å²) in [6.45, 7) is 5.13. The van der Waals surface area contributed by atoms with Crippen LogP contribution in [0, 0.1) is 0 Å². The smallest absolute Gasteiger partial charge is 0.330 e. The monoisotopic (exact) mass is 449 g/mol. The Labute approximate surface area is 184 Å². The fourth-order valence-corrected chi connectivity index (χ4v) is 3.55. The highest BCUT2D eigenvalue weighted by Gasteiger charge is 2.37. The van der Waals surface area contributed by atoms with Crippen molar-refractivity contribution in [2.75, 3.05) is 23.3 Å². The zero-order valence-corrected chi connectivity index (χ0v) is 17.7. The number of hydrogen-bond donors (Lipinski definition) is 3. The predicted molar refractivity (Wildman–Crippen MR) is 116 cm³/mol. The van der Waals surface area contributed by atoms with E-state index in [1.54, 1.807) is 36.5 Å². The second-order valence-electron chi connectivity index (χ2n) is 7.27. The Morgan fingerprint density at radius 2 is 2.12 bits per heavy atom. The van der Waals surface area contributed by atoms with Crippen LogP contribution in [-0.4, -0.2) is 46.4 Å². The maximum Gasteiger partial charge on any atom is 0.477 e. The SMILES string of the molecule is C=C(NN(CC)C(F)(F)F)c1ccc2c(n1)N(C(=O)Nc1ccccn1)C(CCN)CC2. The largest absolute Gasteiger partial charge is 0.477 e. The minimum Gasteiger partial charge on any atom is -0.330 e. The van der Waals surface area contributed by atoms with Gasteiger partial charge >= 0.3 is 12.3 Å². The Hall–Kier alpha value is -3.18. The van der Waals surface area contributed by atoms with Crippen molar-refractivity contribution in [2.45, 2.75) is 38.5 Å². The summed E-state index contributed by atoms with van der Waals surface area (Å²) in [5, 5.41) is 2.86. The average Bonchev–Trinajstić information content (AvgIpc) is 2.76. The maximum absolute atomic E-state index is 13.2. The molecule has 11 heteroatoms. The normalized spacial score (nSPS) is 15.9. The van der Waals surface area contributed by atoms with E-state index in [1.165, 1.54) is 11.8 Å². The molecule has 0 spiro atoms. The third kappa shape index (κ3) is 5.35. The molecule has 32 heavy (non-hydrogen) atoms. The van der Waals surface area contributed by atoms with Gasteiger partial charge in [0.25, 0.3) is 0 Å². The molecule has 3 rings (SSSR count). The van der Waals surface area contributed by atoms with Crippen LogP contribution in [0.1, 0.15) is 31.0 Å². The van der Waals surface area contributed by atoms with Crippen LogP contribution in [0.25, 0.3) is 5.70 Å². The zero-order valence-electron chi connectivity index (χ0n) is 17.7. The first-order valence-corrected chi connectivity index (χ1v) is 10.3. The first-order valence-electron chi connectivity index (χ1n) is 10.3. The Kier molecular flexibility index (Phi) is 7.31. The number of rotatable bonds is 7. The van der Waals surface area contributed by atoms with E-state index in [0.717, 1.165) is 5.56 Å². The molecule has 0 fully saturated rings. The Balaban J connectivity index is 1.91. The van der Waals surface area contributed by atoms with Crippen molar-refractivity contribution >= 4 is 23.4 Å². The molecule has 2 aromatic rings. The highest BCUT2D eigenvalue weighted by atomic mass is 19.4. The number of alkyl halides is 3. The number of pyridine rings is 2. The van der Waals surface area contributed by atoms with Gasteiger partial charge in [0.2, 0.25) is 0 Å². The molecule has 8 nitrogen and oxygen atoms in total. The van der Waals surface area contributed by atoms with Gasteiger partial charge in [-0.15, -0.1) is 5.01 Å². The lowest BCUT2D eigenvalue weighted by Crippen LogP contribution is -2.48. The fourth-order valence-electron chi connectivity index (χ4n) is 3.55. The summed E-state index contributed by atoms with van der Waals surface area (Å²) in [5.41, 5.74) is 9.00. The van der Waals surface area contributed by atoms with Crippen LogP contribution in [0.3, 0.4) is 0 Å². The van der Waals surface area contributed by atoms with E-state index in [1.807, 2.05) is 0 Å². The van der Waals surface area contributed by atoms with Crippen LogP contribution in [0.5, 0.6) is 0 Å². The van der Waals surface area contributed by atoms with Gasteiger partial charge < -0.3 is 11.2 Å². The number of nitrogens with zero attached hydrogens (tertiary/aromatic N) is 4. The summed E-state index contributed by atoms with van der Waals surface area (Å²) < 4.78 is 39.3. The van der Waals surface area contributed by atoms with Crippen molar-refractivity contribution in [1.29, 1.82) is 0 Å². The quantitative estimate of drug-likeness (QED) is 0.442. The molecule has 172 valence electrons. The topological polar surface area (TPSA) is 99.4 Å². The van der Waals surface area contributed by atoms with Crippen molar-refractivity contribution in [3.63, 3.8) is 0 Å². The molecule has 1 aliphatic rings. The number of nitrogens with one attached hydrogen (secondary N) is 2. The highest BCUT2D eigenvalue weighted by molar-refractivity contribution is 6.01. The summed E-state index contributed by atoms with van der Waals surface area (Å²) in [6, 6.07) is 7.85. The molecular formula is C21H26F3N7O. The molecular weight excluding hydrogens is 423 g/mol. The molecule has 3 heterocycles. The molecule has 0 radical (unpaired) electrons. The van der Waals surface area contributed by atoms with E-state index in [-0.39, 0.29) is 29.0 Å². The molecule has 0 saturated carbocycles. The first kappa shape index (κ1) is 23.5. The van der Waals surface area contributed by atoms with E-state index in [9.17, 15) is 18.0 Å². The van der Waals surface area contributed by atoms with Crippen LogP contribution >= 0.6 is 0 Å². The van der Waals surface area contributed by atoms with Crippen molar-refractivity contribution in [2.24, 2.45) is 5.73 Å². The molecule has 4 N–H and O–H groups in total. The average molecular weight is 449 g/mol. The number of carbonyl (C=O) groups excluding carboxylic acids is 1. The molecule has 2 amide bonds. The number of nitrogens with two attached hydrogens (primary N) is 1. The number of amides is 2. The summed E-state index contributed by atoms with van der Waals surface area (Å²) in [6.07, 6.45) is -1.10. The third-order valence-electron chi connectivity index (χ3n) is 5.12. The van der Waals surface area contributed by atoms with Crippen LogP contribution in [0.2, 0.25) is 0 Å². The number of halogens is 3. The van der Waals surface area contributed by atoms with Gasteiger partial charge in [-0.3, -0.25) is 10.2 Å². The van der Waals surface area contributed by atoms with Gasteiger partial charge in [-0.2, -0.15) is 13.2 Å². The minimum atomic E-state index is -4.58. The standard InChI is InChI=1S/C21H26F3N7O/c1-3-30(21(22,23)24)29-14(2)17-10-8-15-7-9-16(11-12-25)31(19(15)27-17)20(32)28-18-6-4-5-13-26-18/h4-6,8,10,13,16,29H,2-3,7,9,11-12,25H2,1H3,(H,26,28,32). The minimum absolute atomic E-state index is 0.0296. The molecule has 1 unspecified atom stereocenters. The van der Waals surface area contributed by atoms with Gasteiger partial charge in [0.15, 0.2) is 0 Å². The number of aromatic nitrogens is 2. The van der Waals surface area contributed by atoms with Gasteiger partial charge in [0, 0.05) is 18.8 Å². The van der Waals surface area contributed by atoms with E-state index >= 15 is 0 Å². The number of carbonyl (C=O) groups is 1. The van der Waals surface area contributed by atoms with E-state index in [0.29, 0.717) is 37.4 Å². The molecule has 1 atom stereocenters. The van der Waals surface area contributed by atoms with Crippen molar-refractivity contribution < 1.29 is 18.0 Å². The molecule has 0 aromatic carbocycles.